The summed E-state index contributed by atoms with van der Waals surface area (Å²) in [4.78, 5) is 0. The molecule has 0 saturated heterocycles. The van der Waals surface area contributed by atoms with Crippen molar-refractivity contribution in [1.29, 1.82) is 0 Å². The molecule has 106 valence electrons. The van der Waals surface area contributed by atoms with Crippen molar-refractivity contribution in [1.82, 2.24) is 5.32 Å². The van der Waals surface area contributed by atoms with Gasteiger partial charge in [0.25, 0.3) is 0 Å². The summed E-state index contributed by atoms with van der Waals surface area (Å²) in [7, 11) is 3.48. The summed E-state index contributed by atoms with van der Waals surface area (Å²) in [6, 6.07) is 4.37. The van der Waals surface area contributed by atoms with Crippen molar-refractivity contribution in [3.63, 3.8) is 0 Å². The summed E-state index contributed by atoms with van der Waals surface area (Å²) in [6.07, 6.45) is 1.15. The molecule has 2 atom stereocenters. The minimum atomic E-state index is 0.341. The largest absolute Gasteiger partial charge is 0.496 e. The number of thioether (sulfide) groups is 1. The SMILES string of the molecule is CCNC1c2c(OC)ccc(OC)c2CSC1CC. The second kappa shape index (κ2) is 6.53. The molecule has 1 aromatic rings. The van der Waals surface area contributed by atoms with Crippen LogP contribution in [-0.2, 0) is 5.75 Å². The predicted octanol–water partition coefficient (Wildman–Crippen LogP) is 3.38. The molecule has 0 spiro atoms. The fourth-order valence-corrected chi connectivity index (χ4v) is 4.10. The lowest BCUT2D eigenvalue weighted by Crippen LogP contribution is -2.33. The average Bonchev–Trinajstić information content (AvgIpc) is 2.46. The van der Waals surface area contributed by atoms with E-state index in [0.717, 1.165) is 30.2 Å². The first kappa shape index (κ1) is 14.5. The third-order valence-electron chi connectivity index (χ3n) is 3.66. The minimum absolute atomic E-state index is 0.341. The van der Waals surface area contributed by atoms with Crippen LogP contribution in [0.25, 0.3) is 0 Å². The van der Waals surface area contributed by atoms with Gasteiger partial charge >= 0.3 is 0 Å². The summed E-state index contributed by atoms with van der Waals surface area (Å²) in [5, 5.41) is 4.20. The van der Waals surface area contributed by atoms with E-state index in [1.54, 1.807) is 14.2 Å². The Morgan fingerprint density at radius 1 is 1.21 bits per heavy atom. The second-order valence-corrected chi connectivity index (χ2v) is 5.88. The lowest BCUT2D eigenvalue weighted by molar-refractivity contribution is 0.382. The number of fused-ring (bicyclic) bond motifs is 1. The number of hydrogen-bond acceptors (Lipinski definition) is 4. The number of methoxy groups -OCH3 is 2. The quantitative estimate of drug-likeness (QED) is 0.896. The standard InChI is InChI=1S/C15H23NO2S/c1-5-13-15(16-6-2)14-10(9-19-13)11(17-3)7-8-12(14)18-4/h7-8,13,15-16H,5-6,9H2,1-4H3. The molecule has 0 amide bonds. The third kappa shape index (κ3) is 2.70. The van der Waals surface area contributed by atoms with E-state index < -0.39 is 0 Å². The molecule has 1 N–H and O–H groups in total. The fourth-order valence-electron chi connectivity index (χ4n) is 2.76. The highest BCUT2D eigenvalue weighted by molar-refractivity contribution is 7.99. The molecule has 1 aliphatic heterocycles. The summed E-state index contributed by atoms with van der Waals surface area (Å²) < 4.78 is 11.1. The van der Waals surface area contributed by atoms with Crippen LogP contribution in [0.1, 0.15) is 37.4 Å². The van der Waals surface area contributed by atoms with Crippen LogP contribution >= 0.6 is 11.8 Å². The topological polar surface area (TPSA) is 30.5 Å². The smallest absolute Gasteiger partial charge is 0.124 e. The number of benzene rings is 1. The van der Waals surface area contributed by atoms with E-state index in [-0.39, 0.29) is 0 Å². The van der Waals surface area contributed by atoms with Crippen molar-refractivity contribution < 1.29 is 9.47 Å². The Morgan fingerprint density at radius 2 is 1.89 bits per heavy atom. The maximum Gasteiger partial charge on any atom is 0.124 e. The molecule has 1 heterocycles. The second-order valence-electron chi connectivity index (χ2n) is 4.66. The van der Waals surface area contributed by atoms with Gasteiger partial charge in [-0.05, 0) is 25.1 Å². The number of nitrogens with one attached hydrogen (secondary N) is 1. The van der Waals surface area contributed by atoms with Gasteiger partial charge in [0.1, 0.15) is 11.5 Å². The minimum Gasteiger partial charge on any atom is -0.496 e. The summed E-state index contributed by atoms with van der Waals surface area (Å²) >= 11 is 2.00. The molecule has 2 rings (SSSR count). The molecular weight excluding hydrogens is 258 g/mol. The van der Waals surface area contributed by atoms with E-state index in [1.165, 1.54) is 11.1 Å². The monoisotopic (exact) mass is 281 g/mol. The third-order valence-corrected chi connectivity index (χ3v) is 5.15. The van der Waals surface area contributed by atoms with Crippen LogP contribution < -0.4 is 14.8 Å². The van der Waals surface area contributed by atoms with Gasteiger partial charge in [0.15, 0.2) is 0 Å². The molecule has 0 aliphatic carbocycles. The predicted molar refractivity (Wildman–Crippen MR) is 81.3 cm³/mol. The Kier molecular flexibility index (Phi) is 4.99. The number of hydrogen-bond donors (Lipinski definition) is 1. The Morgan fingerprint density at radius 3 is 2.47 bits per heavy atom. The molecule has 0 saturated carbocycles. The fraction of sp³-hybridized carbons (Fsp3) is 0.600. The van der Waals surface area contributed by atoms with Crippen LogP contribution in [0.5, 0.6) is 11.5 Å². The van der Waals surface area contributed by atoms with Crippen LogP contribution in [-0.4, -0.2) is 26.0 Å². The van der Waals surface area contributed by atoms with Crippen molar-refractivity contribution in [3.8, 4) is 11.5 Å². The van der Waals surface area contributed by atoms with Gasteiger partial charge in [-0.25, -0.2) is 0 Å². The van der Waals surface area contributed by atoms with Crippen molar-refractivity contribution in [2.45, 2.75) is 37.3 Å². The highest BCUT2D eigenvalue weighted by Crippen LogP contribution is 2.46. The van der Waals surface area contributed by atoms with E-state index in [0.29, 0.717) is 11.3 Å². The zero-order valence-corrected chi connectivity index (χ0v) is 13.0. The normalized spacial score (nSPS) is 21.9. The molecule has 0 fully saturated rings. The van der Waals surface area contributed by atoms with Gasteiger partial charge in [-0.1, -0.05) is 13.8 Å². The van der Waals surface area contributed by atoms with E-state index in [1.807, 2.05) is 23.9 Å². The molecule has 19 heavy (non-hydrogen) atoms. The van der Waals surface area contributed by atoms with Crippen LogP contribution in [0.3, 0.4) is 0 Å². The molecular formula is C15H23NO2S. The highest BCUT2D eigenvalue weighted by Gasteiger charge is 2.32. The van der Waals surface area contributed by atoms with E-state index >= 15 is 0 Å². The molecule has 1 aliphatic rings. The van der Waals surface area contributed by atoms with Crippen molar-refractivity contribution >= 4 is 11.8 Å². The van der Waals surface area contributed by atoms with Gasteiger partial charge in [-0.3, -0.25) is 0 Å². The van der Waals surface area contributed by atoms with Crippen molar-refractivity contribution in [3.05, 3.63) is 23.3 Å². The van der Waals surface area contributed by atoms with Crippen molar-refractivity contribution in [2.75, 3.05) is 20.8 Å². The Labute approximate surface area is 120 Å². The van der Waals surface area contributed by atoms with Gasteiger partial charge < -0.3 is 14.8 Å². The maximum absolute atomic E-state index is 5.58. The van der Waals surface area contributed by atoms with Crippen LogP contribution in [0.2, 0.25) is 0 Å². The maximum atomic E-state index is 5.58. The summed E-state index contributed by atoms with van der Waals surface area (Å²) in [6.45, 7) is 5.36. The molecule has 3 nitrogen and oxygen atoms in total. The first-order valence-electron chi connectivity index (χ1n) is 6.85. The van der Waals surface area contributed by atoms with E-state index in [9.17, 15) is 0 Å². The van der Waals surface area contributed by atoms with Gasteiger partial charge in [-0.15, -0.1) is 0 Å². The van der Waals surface area contributed by atoms with Crippen LogP contribution in [0.15, 0.2) is 12.1 Å². The Bertz CT molecular complexity index is 436. The molecule has 0 radical (unpaired) electrons. The van der Waals surface area contributed by atoms with Crippen molar-refractivity contribution in [2.24, 2.45) is 0 Å². The average molecular weight is 281 g/mol. The molecule has 0 aromatic heterocycles. The summed E-state index contributed by atoms with van der Waals surface area (Å²) in [5.41, 5.74) is 2.57. The van der Waals surface area contributed by atoms with Gasteiger partial charge in [0, 0.05) is 28.2 Å². The summed E-state index contributed by atoms with van der Waals surface area (Å²) in [5.74, 6) is 2.94. The lowest BCUT2D eigenvalue weighted by Gasteiger charge is -2.35. The van der Waals surface area contributed by atoms with Crippen LogP contribution in [0.4, 0.5) is 0 Å². The van der Waals surface area contributed by atoms with Gasteiger partial charge in [-0.2, -0.15) is 11.8 Å². The lowest BCUT2D eigenvalue weighted by atomic mass is 9.94. The van der Waals surface area contributed by atoms with E-state index in [4.69, 9.17) is 9.47 Å². The molecule has 1 aromatic carbocycles. The molecule has 2 unspecified atom stereocenters. The molecule has 0 bridgehead atoms. The number of ether oxygens (including phenoxy) is 2. The zero-order valence-electron chi connectivity index (χ0n) is 12.2. The van der Waals surface area contributed by atoms with E-state index in [2.05, 4.69) is 19.2 Å². The highest BCUT2D eigenvalue weighted by atomic mass is 32.2. The van der Waals surface area contributed by atoms with Gasteiger partial charge in [0.2, 0.25) is 0 Å². The first-order valence-corrected chi connectivity index (χ1v) is 7.90. The Hall–Kier alpha value is -0.870. The number of rotatable bonds is 5. The first-order chi connectivity index (χ1) is 9.26. The van der Waals surface area contributed by atoms with Gasteiger partial charge in [0.05, 0.1) is 14.2 Å². The molecule has 4 heteroatoms. The zero-order chi connectivity index (χ0) is 13.8. The van der Waals surface area contributed by atoms with Crippen LogP contribution in [0, 0.1) is 0 Å². The Balaban J connectivity index is 2.52.